The standard InChI is InChI=1S/C12H15F5O4S/c1-7(12(15,16)17)9(19)21-10(2,3)4-8(18)5-20-6-11(13,14)22/h22H,1,4-6H2,2-3H3. The monoisotopic (exact) mass is 350 g/mol. The second-order valence-electron chi connectivity index (χ2n) is 5.00. The molecular formula is C12H15F5O4S. The van der Waals surface area contributed by atoms with E-state index in [2.05, 4.69) is 28.7 Å². The van der Waals surface area contributed by atoms with Crippen LogP contribution in [0.25, 0.3) is 0 Å². The molecule has 22 heavy (non-hydrogen) atoms. The van der Waals surface area contributed by atoms with Crippen molar-refractivity contribution in [3.63, 3.8) is 0 Å². The number of carbonyl (C=O) groups excluding carboxylic acids is 2. The second kappa shape index (κ2) is 7.40. The summed E-state index contributed by atoms with van der Waals surface area (Å²) in [6.07, 6.45) is -5.46. The molecule has 0 aromatic heterocycles. The molecule has 0 aromatic rings. The average molecular weight is 350 g/mol. The lowest BCUT2D eigenvalue weighted by Gasteiger charge is -2.25. The predicted octanol–water partition coefficient (Wildman–Crippen LogP) is 2.93. The number of ether oxygens (including phenoxy) is 2. The van der Waals surface area contributed by atoms with E-state index in [4.69, 9.17) is 0 Å². The Balaban J connectivity index is 4.43. The van der Waals surface area contributed by atoms with Gasteiger partial charge in [-0.2, -0.15) is 22.0 Å². The zero-order valence-corrected chi connectivity index (χ0v) is 12.7. The van der Waals surface area contributed by atoms with Crippen molar-refractivity contribution < 1.29 is 41.0 Å². The molecule has 0 aliphatic rings. The summed E-state index contributed by atoms with van der Waals surface area (Å²) in [7, 11) is 0. The van der Waals surface area contributed by atoms with Gasteiger partial charge in [-0.05, 0) is 13.8 Å². The van der Waals surface area contributed by atoms with Gasteiger partial charge in [0.1, 0.15) is 24.4 Å². The van der Waals surface area contributed by atoms with Gasteiger partial charge in [0.2, 0.25) is 0 Å². The molecule has 0 atom stereocenters. The zero-order chi connectivity index (χ0) is 17.8. The highest BCUT2D eigenvalue weighted by molar-refractivity contribution is 7.81. The number of esters is 1. The Morgan fingerprint density at radius 1 is 1.14 bits per heavy atom. The smallest absolute Gasteiger partial charge is 0.422 e. The molecule has 0 aliphatic carbocycles. The molecule has 0 fully saturated rings. The van der Waals surface area contributed by atoms with Gasteiger partial charge in [-0.1, -0.05) is 6.58 Å². The first-order chi connectivity index (χ1) is 9.64. The predicted molar refractivity (Wildman–Crippen MR) is 69.7 cm³/mol. The normalized spacial score (nSPS) is 12.9. The molecule has 0 rings (SSSR count). The van der Waals surface area contributed by atoms with Gasteiger partial charge in [0, 0.05) is 6.42 Å². The van der Waals surface area contributed by atoms with Gasteiger partial charge < -0.3 is 9.47 Å². The van der Waals surface area contributed by atoms with Gasteiger partial charge >= 0.3 is 17.4 Å². The second-order valence-corrected chi connectivity index (χ2v) is 5.65. The Bertz CT molecular complexity index is 440. The maximum atomic E-state index is 12.3. The van der Waals surface area contributed by atoms with Gasteiger partial charge in [-0.3, -0.25) is 4.79 Å². The van der Waals surface area contributed by atoms with Gasteiger partial charge in [0.05, 0.1) is 0 Å². The number of ketones is 1. The molecule has 10 heteroatoms. The summed E-state index contributed by atoms with van der Waals surface area (Å²) in [4.78, 5) is 22.7. The first-order valence-corrected chi connectivity index (χ1v) is 6.28. The molecule has 0 heterocycles. The Morgan fingerprint density at radius 2 is 1.64 bits per heavy atom. The number of hydrogen-bond acceptors (Lipinski definition) is 5. The van der Waals surface area contributed by atoms with Crippen molar-refractivity contribution in [2.24, 2.45) is 0 Å². The Morgan fingerprint density at radius 3 is 2.05 bits per heavy atom. The molecule has 0 N–H and O–H groups in total. The number of hydrogen-bond donors (Lipinski definition) is 1. The first-order valence-electron chi connectivity index (χ1n) is 5.83. The fraction of sp³-hybridized carbons (Fsp3) is 0.667. The minimum Gasteiger partial charge on any atom is -0.456 e. The van der Waals surface area contributed by atoms with Crippen LogP contribution in [0.3, 0.4) is 0 Å². The minimum atomic E-state index is -4.95. The highest BCUT2D eigenvalue weighted by Crippen LogP contribution is 2.27. The maximum absolute atomic E-state index is 12.3. The van der Waals surface area contributed by atoms with E-state index in [9.17, 15) is 31.5 Å². The van der Waals surface area contributed by atoms with Crippen LogP contribution in [-0.2, 0) is 19.1 Å². The molecule has 0 aromatic carbocycles. The molecule has 0 spiro atoms. The summed E-state index contributed by atoms with van der Waals surface area (Å²) >= 11 is 2.88. The third-order valence-corrected chi connectivity index (χ3v) is 2.25. The summed E-state index contributed by atoms with van der Waals surface area (Å²) in [5.74, 6) is -2.44. The molecule has 128 valence electrons. The van der Waals surface area contributed by atoms with Crippen LogP contribution in [0.5, 0.6) is 0 Å². The molecule has 0 radical (unpaired) electrons. The number of halogens is 5. The molecular weight excluding hydrogens is 335 g/mol. The summed E-state index contributed by atoms with van der Waals surface area (Å²) in [5.41, 5.74) is -3.28. The number of Topliss-reactive ketones (excluding diaryl/α,β-unsaturated/α-hetero) is 1. The van der Waals surface area contributed by atoms with Crippen molar-refractivity contribution in [1.82, 2.24) is 0 Å². The van der Waals surface area contributed by atoms with E-state index < -0.39 is 54.0 Å². The fourth-order valence-electron chi connectivity index (χ4n) is 1.28. The Labute approximate surface area is 129 Å². The third kappa shape index (κ3) is 8.98. The highest BCUT2D eigenvalue weighted by atomic mass is 32.1. The average Bonchev–Trinajstić information content (AvgIpc) is 2.22. The Kier molecular flexibility index (Phi) is 7.01. The molecule has 0 bridgehead atoms. The van der Waals surface area contributed by atoms with Crippen LogP contribution in [-0.4, -0.2) is 42.0 Å². The van der Waals surface area contributed by atoms with Crippen molar-refractivity contribution in [2.45, 2.75) is 37.3 Å². The topological polar surface area (TPSA) is 52.6 Å². The lowest BCUT2D eigenvalue weighted by Crippen LogP contribution is -2.35. The summed E-state index contributed by atoms with van der Waals surface area (Å²) < 4.78 is 70.3. The highest BCUT2D eigenvalue weighted by Gasteiger charge is 2.40. The molecule has 4 nitrogen and oxygen atoms in total. The number of thiol groups is 1. The molecule has 0 unspecified atom stereocenters. The van der Waals surface area contributed by atoms with Crippen molar-refractivity contribution in [3.05, 3.63) is 12.2 Å². The number of rotatable bonds is 8. The quantitative estimate of drug-likeness (QED) is 0.317. The van der Waals surface area contributed by atoms with Crippen molar-refractivity contribution in [1.29, 1.82) is 0 Å². The van der Waals surface area contributed by atoms with Crippen LogP contribution >= 0.6 is 12.6 Å². The van der Waals surface area contributed by atoms with Gasteiger partial charge in [0.25, 0.3) is 0 Å². The van der Waals surface area contributed by atoms with E-state index >= 15 is 0 Å². The first kappa shape index (κ1) is 20.8. The third-order valence-electron chi connectivity index (χ3n) is 2.12. The van der Waals surface area contributed by atoms with Crippen molar-refractivity contribution in [2.75, 3.05) is 13.2 Å². The summed E-state index contributed by atoms with van der Waals surface area (Å²) in [6, 6.07) is 0. The molecule has 0 saturated carbocycles. The van der Waals surface area contributed by atoms with Crippen LogP contribution in [0.2, 0.25) is 0 Å². The van der Waals surface area contributed by atoms with Gasteiger partial charge in [-0.25, -0.2) is 4.79 Å². The van der Waals surface area contributed by atoms with E-state index in [1.807, 2.05) is 0 Å². The van der Waals surface area contributed by atoms with E-state index in [0.29, 0.717) is 0 Å². The number of carbonyl (C=O) groups is 2. The SMILES string of the molecule is C=C(C(=O)OC(C)(C)CC(=O)COCC(F)(F)S)C(F)(F)F. The molecule has 0 aliphatic heterocycles. The van der Waals surface area contributed by atoms with Crippen LogP contribution < -0.4 is 0 Å². The largest absolute Gasteiger partial charge is 0.456 e. The minimum absolute atomic E-state index is 0.512. The lowest BCUT2D eigenvalue weighted by molar-refractivity contribution is -0.163. The summed E-state index contributed by atoms with van der Waals surface area (Å²) in [6.45, 7) is 3.14. The summed E-state index contributed by atoms with van der Waals surface area (Å²) in [5, 5.41) is -3.41. The van der Waals surface area contributed by atoms with E-state index in [-0.39, 0.29) is 0 Å². The molecule has 0 saturated heterocycles. The lowest BCUT2D eigenvalue weighted by atomic mass is 10.0. The van der Waals surface area contributed by atoms with E-state index in [0.717, 1.165) is 0 Å². The van der Waals surface area contributed by atoms with Gasteiger partial charge in [0.15, 0.2) is 5.78 Å². The van der Waals surface area contributed by atoms with Crippen LogP contribution in [0.4, 0.5) is 22.0 Å². The van der Waals surface area contributed by atoms with Crippen molar-refractivity contribution >= 4 is 24.4 Å². The van der Waals surface area contributed by atoms with Crippen LogP contribution in [0.1, 0.15) is 20.3 Å². The fourth-order valence-corrected chi connectivity index (χ4v) is 1.37. The van der Waals surface area contributed by atoms with Crippen LogP contribution in [0, 0.1) is 0 Å². The van der Waals surface area contributed by atoms with Crippen molar-refractivity contribution in [3.8, 4) is 0 Å². The number of alkyl halides is 5. The van der Waals surface area contributed by atoms with Gasteiger partial charge in [-0.15, -0.1) is 12.6 Å². The maximum Gasteiger partial charge on any atom is 0.422 e. The van der Waals surface area contributed by atoms with E-state index in [1.54, 1.807) is 0 Å². The molecule has 0 amide bonds. The zero-order valence-electron chi connectivity index (χ0n) is 11.8. The Hall–Kier alpha value is -1.16. The van der Waals surface area contributed by atoms with E-state index in [1.165, 1.54) is 13.8 Å². The van der Waals surface area contributed by atoms with Crippen LogP contribution in [0.15, 0.2) is 12.2 Å².